The summed E-state index contributed by atoms with van der Waals surface area (Å²) in [6.45, 7) is 4.76. The van der Waals surface area contributed by atoms with Gasteiger partial charge >= 0.3 is 16.1 Å². The summed E-state index contributed by atoms with van der Waals surface area (Å²) < 4.78 is 31.6. The summed E-state index contributed by atoms with van der Waals surface area (Å²) in [7, 11) is -1.57. The Balaban J connectivity index is 0.000000978. The number of phenolic OH excluding ortho intramolecular Hbond substituents is 1. The van der Waals surface area contributed by atoms with Crippen molar-refractivity contribution in [2.24, 2.45) is 17.6 Å². The number of aromatic hydroxyl groups is 1. The second-order valence-corrected chi connectivity index (χ2v) is 11.8. The number of hydrogen-bond donors (Lipinski definition) is 7. The van der Waals surface area contributed by atoms with Crippen molar-refractivity contribution in [3.05, 3.63) is 50.0 Å². The first kappa shape index (κ1) is 34.4. The lowest BCUT2D eigenvalue weighted by Crippen LogP contribution is -2.63. The lowest BCUT2D eigenvalue weighted by molar-refractivity contribution is -0.385. The lowest BCUT2D eigenvalue weighted by atomic mass is 9.58. The smallest absolute Gasteiger partial charge is 0.394 e. The zero-order valence-corrected chi connectivity index (χ0v) is 25.0. The summed E-state index contributed by atoms with van der Waals surface area (Å²) in [6.07, 6.45) is 0.689. The van der Waals surface area contributed by atoms with Crippen LogP contribution < -0.4 is 10.6 Å². The van der Waals surface area contributed by atoms with Gasteiger partial charge in [-0.1, -0.05) is 6.92 Å². The van der Waals surface area contributed by atoms with Crippen molar-refractivity contribution >= 4 is 39.2 Å². The average molecular weight is 643 g/mol. The summed E-state index contributed by atoms with van der Waals surface area (Å²) in [5.74, 6) is -8.09. The molecule has 0 spiro atoms. The molecule has 4 atom stereocenters. The third-order valence-electron chi connectivity index (χ3n) is 8.09. The van der Waals surface area contributed by atoms with Crippen molar-refractivity contribution in [3.63, 3.8) is 0 Å². The fourth-order valence-corrected chi connectivity index (χ4v) is 6.43. The summed E-state index contributed by atoms with van der Waals surface area (Å²) in [5, 5.41) is 56.5. The molecule has 2 unspecified atom stereocenters. The first-order chi connectivity index (χ1) is 20.2. The van der Waals surface area contributed by atoms with Gasteiger partial charge in [0.2, 0.25) is 11.5 Å². The predicted octanol–water partition coefficient (Wildman–Crippen LogP) is 0.612. The number of allylic oxidation sites excluding steroid dienone is 1. The van der Waals surface area contributed by atoms with Crippen LogP contribution in [-0.2, 0) is 26.4 Å². The maximum Gasteiger partial charge on any atom is 0.394 e. The summed E-state index contributed by atoms with van der Waals surface area (Å²) >= 11 is 0. The molecule has 17 nitrogen and oxygen atoms in total. The van der Waals surface area contributed by atoms with E-state index in [4.69, 9.17) is 23.3 Å². The van der Waals surface area contributed by atoms with Crippen LogP contribution in [0.5, 0.6) is 5.75 Å². The Morgan fingerprint density at radius 3 is 2.20 bits per heavy atom. The van der Waals surface area contributed by atoms with Gasteiger partial charge in [0, 0.05) is 36.3 Å². The molecule has 0 saturated carbocycles. The second-order valence-electron chi connectivity index (χ2n) is 10.9. The van der Waals surface area contributed by atoms with Gasteiger partial charge in [0.25, 0.3) is 5.91 Å². The van der Waals surface area contributed by atoms with Crippen molar-refractivity contribution in [2.75, 3.05) is 32.1 Å². The highest BCUT2D eigenvalue weighted by Crippen LogP contribution is 2.54. The molecular weight excluding hydrogens is 608 g/mol. The van der Waals surface area contributed by atoms with E-state index in [1.54, 1.807) is 14.1 Å². The highest BCUT2D eigenvalue weighted by atomic mass is 32.3. The molecule has 0 heterocycles. The Morgan fingerprint density at radius 2 is 1.75 bits per heavy atom. The molecule has 0 radical (unpaired) electrons. The number of carbonyl (C=O) groups is 3. The van der Waals surface area contributed by atoms with Crippen molar-refractivity contribution < 1.29 is 57.3 Å². The largest absolute Gasteiger partial charge is 0.510 e. The number of likely N-dealkylation sites (N-methyl/N-ethyl adjacent to an activating group) is 1. The number of nitro benzene ring substituents is 1. The van der Waals surface area contributed by atoms with Crippen molar-refractivity contribution in [1.29, 1.82) is 0 Å². The maximum atomic E-state index is 13.9. The molecule has 0 aliphatic heterocycles. The Hall–Kier alpha value is -4.10. The van der Waals surface area contributed by atoms with Crippen LogP contribution in [0.3, 0.4) is 0 Å². The Labute approximate surface area is 251 Å². The molecule has 8 N–H and O–H groups in total. The molecule has 0 bridgehead atoms. The lowest BCUT2D eigenvalue weighted by Gasteiger charge is -2.50. The van der Waals surface area contributed by atoms with Gasteiger partial charge in [-0.15, -0.1) is 0 Å². The number of hydrogen-bond acceptors (Lipinski definition) is 13. The molecule has 18 heteroatoms. The van der Waals surface area contributed by atoms with E-state index in [0.29, 0.717) is 30.8 Å². The van der Waals surface area contributed by atoms with Gasteiger partial charge < -0.3 is 31.1 Å². The minimum absolute atomic E-state index is 0.0512. The van der Waals surface area contributed by atoms with Gasteiger partial charge in [-0.3, -0.25) is 38.5 Å². The van der Waals surface area contributed by atoms with Crippen LogP contribution in [0.2, 0.25) is 0 Å². The number of ketones is 2. The summed E-state index contributed by atoms with van der Waals surface area (Å²) in [4.78, 5) is 53.7. The molecule has 242 valence electrons. The van der Waals surface area contributed by atoms with E-state index in [1.807, 2.05) is 18.7 Å². The number of nitrogens with two attached hydrogens (primary N) is 1. The fourth-order valence-electron chi connectivity index (χ4n) is 6.43. The van der Waals surface area contributed by atoms with Crippen LogP contribution in [0, 0.1) is 22.0 Å². The number of nitrogens with zero attached hydrogens (tertiary/aromatic N) is 3. The molecule has 4 rings (SSSR count). The van der Waals surface area contributed by atoms with Crippen LogP contribution >= 0.6 is 0 Å². The van der Waals surface area contributed by atoms with Gasteiger partial charge in [0.1, 0.15) is 17.1 Å². The molecule has 1 amide bonds. The molecular formula is C26H34N4O13S. The molecule has 44 heavy (non-hydrogen) atoms. The normalized spacial score (nSPS) is 24.7. The third kappa shape index (κ3) is 5.73. The van der Waals surface area contributed by atoms with Crippen molar-refractivity contribution in [1.82, 2.24) is 4.90 Å². The van der Waals surface area contributed by atoms with Gasteiger partial charge in [0.05, 0.1) is 16.5 Å². The Morgan fingerprint density at radius 1 is 1.18 bits per heavy atom. The van der Waals surface area contributed by atoms with Crippen molar-refractivity contribution in [2.45, 2.75) is 44.8 Å². The number of primary amides is 1. The molecule has 1 aromatic carbocycles. The third-order valence-corrected chi connectivity index (χ3v) is 8.09. The number of carbonyl (C=O) groups excluding carboxylic acids is 3. The topological polar surface area (TPSA) is 282 Å². The number of benzene rings is 1. The number of anilines is 1. The number of rotatable bonds is 7. The van der Waals surface area contributed by atoms with Gasteiger partial charge in [0.15, 0.2) is 11.4 Å². The molecule has 0 fully saturated rings. The zero-order chi connectivity index (χ0) is 33.6. The van der Waals surface area contributed by atoms with E-state index >= 15 is 0 Å². The number of fused-ring (bicyclic) bond motifs is 3. The van der Waals surface area contributed by atoms with Crippen LogP contribution in [-0.4, -0.2) is 104 Å². The van der Waals surface area contributed by atoms with E-state index in [-0.39, 0.29) is 24.0 Å². The fraction of sp³-hybridized carbons (Fsp3) is 0.500. The second kappa shape index (κ2) is 12.1. The first-order valence-corrected chi connectivity index (χ1v) is 14.8. The maximum absolute atomic E-state index is 13.9. The number of nitro groups is 1. The summed E-state index contributed by atoms with van der Waals surface area (Å²) in [5.41, 5.74) is 0.970. The number of amides is 1. The van der Waals surface area contributed by atoms with E-state index in [9.17, 15) is 44.9 Å². The molecule has 1 aromatic rings. The monoisotopic (exact) mass is 642 g/mol. The molecule has 0 saturated heterocycles. The minimum Gasteiger partial charge on any atom is -0.510 e. The highest BCUT2D eigenvalue weighted by Gasteiger charge is 2.63. The first-order valence-electron chi connectivity index (χ1n) is 13.4. The van der Waals surface area contributed by atoms with Crippen LogP contribution in [0.25, 0.3) is 0 Å². The molecule has 0 aromatic heterocycles. The van der Waals surface area contributed by atoms with E-state index < -0.39 is 84.8 Å². The van der Waals surface area contributed by atoms with Crippen LogP contribution in [0.4, 0.5) is 11.4 Å². The number of aliphatic hydroxyl groups excluding tert-OH is 2. The van der Waals surface area contributed by atoms with Gasteiger partial charge in [-0.25, -0.2) is 0 Å². The SMILES string of the molecule is CCCN(CC)c1cc([N+](=O)[O-])c(O)c2c1CC1CC3[C@H](N(C)C)C(O)=C(C(N)=O)C(=O)[C@@]3(O)C(O)=C1C2=O.O=S(=O)(O)O. The number of aliphatic hydroxyl groups is 3. The van der Waals surface area contributed by atoms with Gasteiger partial charge in [-0.05, 0) is 51.8 Å². The average Bonchev–Trinajstić information content (AvgIpc) is 2.88. The Kier molecular flexibility index (Phi) is 9.47. The zero-order valence-electron chi connectivity index (χ0n) is 24.2. The summed E-state index contributed by atoms with van der Waals surface area (Å²) in [6, 6.07) is 0.127. The Bertz CT molecular complexity index is 1590. The van der Waals surface area contributed by atoms with Crippen LogP contribution in [0.15, 0.2) is 28.7 Å². The molecule has 3 aliphatic rings. The number of Topliss-reactive ketones (excluding diaryl/α,β-unsaturated/α-hetero) is 2. The highest BCUT2D eigenvalue weighted by molar-refractivity contribution is 7.79. The predicted molar refractivity (Wildman–Crippen MR) is 153 cm³/mol. The minimum atomic E-state index is -4.67. The van der Waals surface area contributed by atoms with E-state index in [0.717, 1.165) is 0 Å². The van der Waals surface area contributed by atoms with E-state index in [2.05, 4.69) is 0 Å². The van der Waals surface area contributed by atoms with Crippen molar-refractivity contribution in [3.8, 4) is 5.75 Å². The van der Waals surface area contributed by atoms with Crippen LogP contribution in [0.1, 0.15) is 42.6 Å². The number of phenols is 1. The standard InChI is InChI=1S/C26H32N4O9.H2O4S/c1-5-7-29(6-2)14-10-15(30(38)39)20(31)17-12(14)8-11-9-13-19(28(3)4)22(33)18(25(27)36)24(35)26(13,37)23(34)16(11)21(17)32;1-5(2,3)4/h10-11,13,19,31,33-34,37H,5-9H2,1-4H3,(H2,27,36);(H2,1,2,3,4)/t11?,13?,19-,26-;/m0./s1. The quantitative estimate of drug-likeness (QED) is 0.0928. The van der Waals surface area contributed by atoms with Gasteiger partial charge in [-0.2, -0.15) is 8.42 Å². The molecule has 3 aliphatic carbocycles. The van der Waals surface area contributed by atoms with E-state index in [1.165, 1.54) is 11.0 Å².